The van der Waals surface area contributed by atoms with Gasteiger partial charge in [-0.2, -0.15) is 0 Å². The second-order valence-corrected chi connectivity index (χ2v) is 14.0. The number of hydrogen-bond donors (Lipinski definition) is 1. The largest absolute Gasteiger partial charge is 0.350 e. The molecule has 0 unspecified atom stereocenters. The number of carbonyl (C=O) groups is 2. The minimum Gasteiger partial charge on any atom is -0.350 e. The van der Waals surface area contributed by atoms with Crippen molar-refractivity contribution in [3.05, 3.63) is 131 Å². The molecular weight excluding hydrogens is 613 g/mol. The van der Waals surface area contributed by atoms with Gasteiger partial charge in [0.2, 0.25) is 11.8 Å². The maximum Gasteiger partial charge on any atom is 0.264 e. The van der Waals surface area contributed by atoms with Gasteiger partial charge in [0.15, 0.2) is 0 Å². The molecule has 0 aliphatic carbocycles. The highest BCUT2D eigenvalue weighted by Crippen LogP contribution is 2.31. The van der Waals surface area contributed by atoms with Crippen molar-refractivity contribution < 1.29 is 22.4 Å². The minimum atomic E-state index is -4.28. The van der Waals surface area contributed by atoms with Crippen molar-refractivity contribution in [1.29, 1.82) is 0 Å². The average molecular weight is 650 g/mol. The summed E-state index contributed by atoms with van der Waals surface area (Å²) in [6.45, 7) is 6.20. The van der Waals surface area contributed by atoms with Crippen molar-refractivity contribution in [2.45, 2.75) is 57.1 Å². The smallest absolute Gasteiger partial charge is 0.264 e. The highest BCUT2D eigenvalue weighted by atomic mass is 35.5. The van der Waals surface area contributed by atoms with Gasteiger partial charge in [-0.3, -0.25) is 13.9 Å². The predicted octanol–water partition coefficient (Wildman–Crippen LogP) is 6.54. The van der Waals surface area contributed by atoms with Gasteiger partial charge in [0.05, 0.1) is 10.6 Å². The molecule has 1 N–H and O–H groups in total. The summed E-state index contributed by atoms with van der Waals surface area (Å²) in [6, 6.07) is 26.6. The van der Waals surface area contributed by atoms with Crippen molar-refractivity contribution in [3.63, 3.8) is 0 Å². The fourth-order valence-electron chi connectivity index (χ4n) is 4.92. The van der Waals surface area contributed by atoms with Gasteiger partial charge in [0.25, 0.3) is 10.0 Å². The van der Waals surface area contributed by atoms with Crippen LogP contribution in [0.15, 0.2) is 108 Å². The molecule has 4 aromatic rings. The Hall–Kier alpha value is -4.21. The van der Waals surface area contributed by atoms with Crippen LogP contribution in [0.5, 0.6) is 0 Å². The fraction of sp³-hybridized carbons (Fsp3) is 0.257. The Balaban J connectivity index is 1.85. The van der Waals surface area contributed by atoms with Gasteiger partial charge >= 0.3 is 0 Å². The van der Waals surface area contributed by atoms with Crippen LogP contribution in [0.2, 0.25) is 5.02 Å². The first kappa shape index (κ1) is 33.7. The molecule has 0 spiro atoms. The molecule has 0 aliphatic rings. The molecule has 10 heteroatoms. The fourth-order valence-corrected chi connectivity index (χ4v) is 6.58. The normalized spacial score (nSPS) is 12.3. The van der Waals surface area contributed by atoms with E-state index in [-0.39, 0.29) is 29.1 Å². The highest BCUT2D eigenvalue weighted by Gasteiger charge is 2.36. The van der Waals surface area contributed by atoms with E-state index in [0.717, 1.165) is 9.87 Å². The Kier molecular flexibility index (Phi) is 10.7. The number of anilines is 1. The Morgan fingerprint density at radius 3 is 2.09 bits per heavy atom. The third-order valence-corrected chi connectivity index (χ3v) is 9.37. The molecule has 0 saturated heterocycles. The summed E-state index contributed by atoms with van der Waals surface area (Å²) in [7, 11) is -4.28. The van der Waals surface area contributed by atoms with Gasteiger partial charge in [0, 0.05) is 29.1 Å². The van der Waals surface area contributed by atoms with E-state index in [0.29, 0.717) is 10.6 Å². The van der Waals surface area contributed by atoms with E-state index in [2.05, 4.69) is 5.32 Å². The molecule has 0 heterocycles. The van der Waals surface area contributed by atoms with Crippen molar-refractivity contribution in [3.8, 4) is 0 Å². The van der Waals surface area contributed by atoms with E-state index >= 15 is 4.39 Å². The zero-order chi connectivity index (χ0) is 32.8. The monoisotopic (exact) mass is 649 g/mol. The summed E-state index contributed by atoms with van der Waals surface area (Å²) in [5.41, 5.74) is 0.989. The number of hydrogen-bond acceptors (Lipinski definition) is 4. The standard InChI is InChI=1S/C35H37ClFN3O4S/c1-25-29(36)19-13-21-31(25)40(45(43,44)28-17-9-6-10-18-28)24-33(41)39(23-27-16-11-12-20-30(27)37)32(34(42)38-35(2,3)4)22-26-14-7-5-8-15-26/h5-21,32H,22-24H2,1-4H3,(H,38,42)/t32-/m1/s1. The maximum absolute atomic E-state index is 15.1. The van der Waals surface area contributed by atoms with Crippen LogP contribution in [0.4, 0.5) is 10.1 Å². The number of sulfonamides is 1. The summed E-state index contributed by atoms with van der Waals surface area (Å²) in [5, 5.41) is 3.28. The molecule has 0 aliphatic heterocycles. The van der Waals surface area contributed by atoms with Gasteiger partial charge in [-0.05, 0) is 69.2 Å². The summed E-state index contributed by atoms with van der Waals surface area (Å²) in [5.74, 6) is -1.70. The van der Waals surface area contributed by atoms with E-state index in [4.69, 9.17) is 11.6 Å². The van der Waals surface area contributed by atoms with E-state index in [9.17, 15) is 18.0 Å². The van der Waals surface area contributed by atoms with E-state index in [1.807, 2.05) is 51.1 Å². The van der Waals surface area contributed by atoms with E-state index in [1.165, 1.54) is 35.2 Å². The van der Waals surface area contributed by atoms with Gasteiger partial charge < -0.3 is 10.2 Å². The third kappa shape index (κ3) is 8.49. The second kappa shape index (κ2) is 14.3. The maximum atomic E-state index is 15.1. The second-order valence-electron chi connectivity index (χ2n) is 11.8. The molecule has 4 aromatic carbocycles. The molecule has 45 heavy (non-hydrogen) atoms. The first-order valence-corrected chi connectivity index (χ1v) is 16.3. The van der Waals surface area contributed by atoms with Gasteiger partial charge in [0.1, 0.15) is 18.4 Å². The molecule has 2 amide bonds. The number of nitrogens with zero attached hydrogens (tertiary/aromatic N) is 2. The number of benzene rings is 4. The first-order valence-electron chi connectivity index (χ1n) is 14.5. The molecule has 0 bridgehead atoms. The van der Waals surface area contributed by atoms with Crippen LogP contribution < -0.4 is 9.62 Å². The lowest BCUT2D eigenvalue weighted by Crippen LogP contribution is -2.56. The molecule has 4 rings (SSSR count). The molecule has 0 fully saturated rings. The van der Waals surface area contributed by atoms with Crippen LogP contribution in [0.3, 0.4) is 0 Å². The highest BCUT2D eigenvalue weighted by molar-refractivity contribution is 7.92. The SMILES string of the molecule is Cc1c(Cl)cccc1N(CC(=O)N(Cc1ccccc1F)[C@H](Cc1ccccc1)C(=O)NC(C)(C)C)S(=O)(=O)c1ccccc1. The van der Waals surface area contributed by atoms with Crippen molar-refractivity contribution in [2.75, 3.05) is 10.8 Å². The molecule has 1 atom stereocenters. The third-order valence-electron chi connectivity index (χ3n) is 7.19. The molecule has 0 radical (unpaired) electrons. The molecular formula is C35H37ClFN3O4S. The Bertz CT molecular complexity index is 1750. The van der Waals surface area contributed by atoms with Crippen molar-refractivity contribution >= 4 is 39.1 Å². The number of halogens is 2. The topological polar surface area (TPSA) is 86.8 Å². The lowest BCUT2D eigenvalue weighted by atomic mass is 10.0. The zero-order valence-corrected chi connectivity index (χ0v) is 27.3. The summed E-state index contributed by atoms with van der Waals surface area (Å²) >= 11 is 6.41. The quantitative estimate of drug-likeness (QED) is 0.200. The minimum absolute atomic E-state index is 0.0239. The van der Waals surface area contributed by atoms with E-state index < -0.39 is 45.8 Å². The Morgan fingerprint density at radius 1 is 0.867 bits per heavy atom. The van der Waals surface area contributed by atoms with Crippen LogP contribution in [0.25, 0.3) is 0 Å². The van der Waals surface area contributed by atoms with Crippen LogP contribution in [0.1, 0.15) is 37.5 Å². The van der Waals surface area contributed by atoms with Gasteiger partial charge in [-0.25, -0.2) is 12.8 Å². The molecule has 236 valence electrons. The predicted molar refractivity (Wildman–Crippen MR) is 176 cm³/mol. The number of amides is 2. The number of rotatable bonds is 11. The lowest BCUT2D eigenvalue weighted by molar-refractivity contribution is -0.140. The number of carbonyl (C=O) groups excluding carboxylic acids is 2. The molecule has 0 aromatic heterocycles. The molecule has 7 nitrogen and oxygen atoms in total. The average Bonchev–Trinajstić information content (AvgIpc) is 3.00. The van der Waals surface area contributed by atoms with Crippen LogP contribution in [0, 0.1) is 12.7 Å². The Morgan fingerprint density at radius 2 is 1.47 bits per heavy atom. The first-order chi connectivity index (χ1) is 21.3. The summed E-state index contributed by atoms with van der Waals surface area (Å²) in [4.78, 5) is 29.7. The lowest BCUT2D eigenvalue weighted by Gasteiger charge is -2.35. The van der Waals surface area contributed by atoms with Crippen LogP contribution in [-0.2, 0) is 32.6 Å². The van der Waals surface area contributed by atoms with Crippen LogP contribution >= 0.6 is 11.6 Å². The van der Waals surface area contributed by atoms with Crippen molar-refractivity contribution in [2.24, 2.45) is 0 Å². The number of nitrogens with one attached hydrogen (secondary N) is 1. The Labute approximate surface area is 269 Å². The molecule has 0 saturated carbocycles. The summed E-state index contributed by atoms with van der Waals surface area (Å²) < 4.78 is 44.3. The van der Waals surface area contributed by atoms with Gasteiger partial charge in [-0.1, -0.05) is 84.4 Å². The van der Waals surface area contributed by atoms with Crippen molar-refractivity contribution in [1.82, 2.24) is 10.2 Å². The summed E-state index contributed by atoms with van der Waals surface area (Å²) in [6.07, 6.45) is 0.116. The van der Waals surface area contributed by atoms with E-state index in [1.54, 1.807) is 49.4 Å². The van der Waals surface area contributed by atoms with Crippen LogP contribution in [-0.4, -0.2) is 43.3 Å². The van der Waals surface area contributed by atoms with Gasteiger partial charge in [-0.15, -0.1) is 0 Å². The zero-order valence-electron chi connectivity index (χ0n) is 25.7.